The Morgan fingerprint density at radius 2 is 1.56 bits per heavy atom. The number of carbonyl (C=O) groups is 2. The van der Waals surface area contributed by atoms with Gasteiger partial charge in [-0.2, -0.15) is 0 Å². The van der Waals surface area contributed by atoms with Crippen LogP contribution in [0, 0.1) is 0 Å². The number of urea groups is 1. The second-order valence-corrected chi connectivity index (χ2v) is 6.51. The Kier molecular flexibility index (Phi) is 5.33. The summed E-state index contributed by atoms with van der Waals surface area (Å²) >= 11 is 0. The van der Waals surface area contributed by atoms with Gasteiger partial charge in [-0.25, -0.2) is 4.79 Å². The molecule has 1 unspecified atom stereocenters. The van der Waals surface area contributed by atoms with Crippen molar-refractivity contribution in [3.05, 3.63) is 60.2 Å². The standard InChI is InChI=1S/C20H23N3O2/c1-14(15-5-3-2-4-6-15)13-19(24)21-16-7-9-17(10-8-16)22-20(25)23-18-11-12-18/h2-10,14,18H,11-13H2,1H3,(H,21,24)(H2,22,23,25). The van der Waals surface area contributed by atoms with Crippen LogP contribution in [-0.4, -0.2) is 18.0 Å². The maximum Gasteiger partial charge on any atom is 0.319 e. The number of hydrogen-bond acceptors (Lipinski definition) is 2. The Labute approximate surface area is 147 Å². The van der Waals surface area contributed by atoms with E-state index in [9.17, 15) is 9.59 Å². The zero-order valence-electron chi connectivity index (χ0n) is 14.3. The third-order valence-electron chi connectivity index (χ3n) is 4.20. The molecule has 2 aromatic rings. The molecule has 0 radical (unpaired) electrons. The van der Waals surface area contributed by atoms with E-state index >= 15 is 0 Å². The molecule has 1 fully saturated rings. The predicted molar refractivity (Wildman–Crippen MR) is 99.7 cm³/mol. The smallest absolute Gasteiger partial charge is 0.319 e. The van der Waals surface area contributed by atoms with E-state index in [-0.39, 0.29) is 17.9 Å². The molecule has 130 valence electrons. The molecule has 3 amide bonds. The Morgan fingerprint density at radius 3 is 2.16 bits per heavy atom. The second-order valence-electron chi connectivity index (χ2n) is 6.51. The van der Waals surface area contributed by atoms with Crippen molar-refractivity contribution in [3.8, 4) is 0 Å². The molecule has 0 heterocycles. The van der Waals surface area contributed by atoms with E-state index in [1.54, 1.807) is 24.3 Å². The quantitative estimate of drug-likeness (QED) is 0.742. The van der Waals surface area contributed by atoms with Gasteiger partial charge >= 0.3 is 6.03 Å². The lowest BCUT2D eigenvalue weighted by Crippen LogP contribution is -2.30. The van der Waals surface area contributed by atoms with Crippen molar-refractivity contribution in [1.82, 2.24) is 5.32 Å². The SMILES string of the molecule is CC(CC(=O)Nc1ccc(NC(=O)NC2CC2)cc1)c1ccccc1. The molecule has 0 spiro atoms. The number of benzene rings is 2. The minimum atomic E-state index is -0.184. The average Bonchev–Trinajstić information content (AvgIpc) is 3.41. The molecule has 1 saturated carbocycles. The van der Waals surface area contributed by atoms with Gasteiger partial charge in [-0.3, -0.25) is 4.79 Å². The van der Waals surface area contributed by atoms with E-state index in [4.69, 9.17) is 0 Å². The third-order valence-corrected chi connectivity index (χ3v) is 4.20. The summed E-state index contributed by atoms with van der Waals surface area (Å²) in [6.45, 7) is 2.04. The fourth-order valence-corrected chi connectivity index (χ4v) is 2.61. The van der Waals surface area contributed by atoms with Crippen LogP contribution in [0.5, 0.6) is 0 Å². The first kappa shape index (κ1) is 17.0. The number of carbonyl (C=O) groups excluding carboxylic acids is 2. The van der Waals surface area contributed by atoms with Crippen LogP contribution in [0.2, 0.25) is 0 Å². The van der Waals surface area contributed by atoms with Gasteiger partial charge in [-0.1, -0.05) is 37.3 Å². The summed E-state index contributed by atoms with van der Waals surface area (Å²) in [6, 6.07) is 17.3. The van der Waals surface area contributed by atoms with Gasteiger partial charge in [0.2, 0.25) is 5.91 Å². The highest BCUT2D eigenvalue weighted by Crippen LogP contribution is 2.21. The first-order valence-electron chi connectivity index (χ1n) is 8.62. The second kappa shape index (κ2) is 7.83. The highest BCUT2D eigenvalue weighted by Gasteiger charge is 2.23. The van der Waals surface area contributed by atoms with E-state index in [2.05, 4.69) is 16.0 Å². The molecule has 25 heavy (non-hydrogen) atoms. The number of rotatable bonds is 6. The number of amides is 3. The van der Waals surface area contributed by atoms with E-state index in [0.717, 1.165) is 24.1 Å². The van der Waals surface area contributed by atoms with Gasteiger partial charge in [0.25, 0.3) is 0 Å². The highest BCUT2D eigenvalue weighted by molar-refractivity contribution is 5.92. The van der Waals surface area contributed by atoms with Crippen LogP contribution in [0.3, 0.4) is 0 Å². The van der Waals surface area contributed by atoms with Gasteiger partial charge in [-0.15, -0.1) is 0 Å². The van der Waals surface area contributed by atoms with Crippen LogP contribution in [0.15, 0.2) is 54.6 Å². The summed E-state index contributed by atoms with van der Waals surface area (Å²) in [5, 5.41) is 8.55. The first-order chi connectivity index (χ1) is 12.1. The summed E-state index contributed by atoms with van der Waals surface area (Å²) in [6.07, 6.45) is 2.54. The van der Waals surface area contributed by atoms with Crippen LogP contribution in [0.25, 0.3) is 0 Å². The molecular formula is C20H23N3O2. The number of hydrogen-bond donors (Lipinski definition) is 3. The molecule has 0 aliphatic heterocycles. The van der Waals surface area contributed by atoms with Crippen LogP contribution in [0.1, 0.15) is 37.7 Å². The van der Waals surface area contributed by atoms with E-state index in [1.807, 2.05) is 37.3 Å². The van der Waals surface area contributed by atoms with E-state index < -0.39 is 0 Å². The Balaban J connectivity index is 1.48. The van der Waals surface area contributed by atoms with Gasteiger partial charge in [-0.05, 0) is 48.6 Å². The maximum atomic E-state index is 12.2. The minimum absolute atomic E-state index is 0.0245. The van der Waals surface area contributed by atoms with Crippen molar-refractivity contribution < 1.29 is 9.59 Å². The summed E-state index contributed by atoms with van der Waals surface area (Å²) in [5.41, 5.74) is 2.58. The highest BCUT2D eigenvalue weighted by atomic mass is 16.2. The Bertz CT molecular complexity index is 724. The van der Waals surface area contributed by atoms with Crippen molar-refractivity contribution in [2.75, 3.05) is 10.6 Å². The predicted octanol–water partition coefficient (Wildman–Crippen LogP) is 4.10. The van der Waals surface area contributed by atoms with E-state index in [1.165, 1.54) is 0 Å². The summed E-state index contributed by atoms with van der Waals surface area (Å²) in [4.78, 5) is 23.9. The van der Waals surface area contributed by atoms with E-state index in [0.29, 0.717) is 18.2 Å². The molecule has 0 aromatic heterocycles. The lowest BCUT2D eigenvalue weighted by Gasteiger charge is -2.12. The first-order valence-corrected chi connectivity index (χ1v) is 8.62. The van der Waals surface area contributed by atoms with Crippen molar-refractivity contribution in [2.45, 2.75) is 38.1 Å². The lowest BCUT2D eigenvalue weighted by atomic mass is 9.97. The fourth-order valence-electron chi connectivity index (χ4n) is 2.61. The van der Waals surface area contributed by atoms with Crippen molar-refractivity contribution in [3.63, 3.8) is 0 Å². The summed E-state index contributed by atoms with van der Waals surface area (Å²) < 4.78 is 0. The van der Waals surface area contributed by atoms with Gasteiger partial charge < -0.3 is 16.0 Å². The van der Waals surface area contributed by atoms with Crippen molar-refractivity contribution in [2.24, 2.45) is 0 Å². The number of nitrogens with one attached hydrogen (secondary N) is 3. The van der Waals surface area contributed by atoms with Crippen molar-refractivity contribution in [1.29, 1.82) is 0 Å². The molecule has 5 heteroatoms. The largest absolute Gasteiger partial charge is 0.335 e. The van der Waals surface area contributed by atoms with Gasteiger partial charge in [0.15, 0.2) is 0 Å². The molecule has 3 rings (SSSR count). The molecular weight excluding hydrogens is 314 g/mol. The zero-order valence-corrected chi connectivity index (χ0v) is 14.3. The van der Waals surface area contributed by atoms with Crippen LogP contribution in [0.4, 0.5) is 16.2 Å². The third kappa shape index (κ3) is 5.35. The topological polar surface area (TPSA) is 70.2 Å². The molecule has 1 aliphatic rings. The van der Waals surface area contributed by atoms with Gasteiger partial charge in [0.05, 0.1) is 0 Å². The maximum absolute atomic E-state index is 12.2. The van der Waals surface area contributed by atoms with Crippen LogP contribution < -0.4 is 16.0 Å². The Hall–Kier alpha value is -2.82. The normalized spacial score (nSPS) is 14.4. The molecule has 1 aliphatic carbocycles. The molecule has 3 N–H and O–H groups in total. The lowest BCUT2D eigenvalue weighted by molar-refractivity contribution is -0.116. The Morgan fingerprint density at radius 1 is 0.960 bits per heavy atom. The van der Waals surface area contributed by atoms with Crippen molar-refractivity contribution >= 4 is 23.3 Å². The molecule has 1 atom stereocenters. The molecule has 2 aromatic carbocycles. The minimum Gasteiger partial charge on any atom is -0.335 e. The monoisotopic (exact) mass is 337 g/mol. The molecule has 5 nitrogen and oxygen atoms in total. The molecule has 0 bridgehead atoms. The summed E-state index contributed by atoms with van der Waals surface area (Å²) in [5.74, 6) is 0.136. The average molecular weight is 337 g/mol. The number of anilines is 2. The fraction of sp³-hybridized carbons (Fsp3) is 0.300. The summed E-state index contributed by atoms with van der Waals surface area (Å²) in [7, 11) is 0. The zero-order chi connectivity index (χ0) is 17.6. The van der Waals surface area contributed by atoms with Gasteiger partial charge in [0, 0.05) is 23.8 Å². The van der Waals surface area contributed by atoms with Crippen LogP contribution in [-0.2, 0) is 4.79 Å². The van der Waals surface area contributed by atoms with Gasteiger partial charge in [0.1, 0.15) is 0 Å². The molecule has 0 saturated heterocycles. The van der Waals surface area contributed by atoms with Crippen LogP contribution >= 0.6 is 0 Å².